The van der Waals surface area contributed by atoms with Gasteiger partial charge < -0.3 is 15.2 Å². The number of aryl methyl sites for hydroxylation is 2. The van der Waals surface area contributed by atoms with E-state index >= 15 is 0 Å². The molecule has 1 fully saturated rings. The number of thiophene rings is 1. The topological polar surface area (TPSA) is 41.5 Å². The van der Waals surface area contributed by atoms with Gasteiger partial charge in [-0.2, -0.15) is 0 Å². The lowest BCUT2D eigenvalue weighted by Crippen LogP contribution is -2.33. The molecule has 1 saturated carbocycles. The van der Waals surface area contributed by atoms with Crippen LogP contribution in [0.3, 0.4) is 0 Å². The molecule has 1 aliphatic rings. The summed E-state index contributed by atoms with van der Waals surface area (Å²) in [5.41, 5.74) is 1.35. The molecule has 0 saturated heterocycles. The fourth-order valence-electron chi connectivity index (χ4n) is 3.04. The van der Waals surface area contributed by atoms with Crippen LogP contribution in [0.2, 0.25) is 0 Å². The van der Waals surface area contributed by atoms with E-state index < -0.39 is 6.10 Å². The molecule has 1 aliphatic carbocycles. The summed E-state index contributed by atoms with van der Waals surface area (Å²) >= 11 is 1.83. The van der Waals surface area contributed by atoms with Crippen molar-refractivity contribution in [2.45, 2.75) is 71.1 Å². The predicted octanol–water partition coefficient (Wildman–Crippen LogP) is 3.73. The average Bonchev–Trinajstić information content (AvgIpc) is 2.82. The number of aliphatic hydroxyl groups excluding tert-OH is 1. The van der Waals surface area contributed by atoms with Crippen molar-refractivity contribution in [3.8, 4) is 0 Å². The normalized spacial score (nSPS) is 19.6. The van der Waals surface area contributed by atoms with Crippen LogP contribution in [-0.4, -0.2) is 30.5 Å². The molecule has 0 bridgehead atoms. The van der Waals surface area contributed by atoms with E-state index in [1.54, 1.807) is 0 Å². The van der Waals surface area contributed by atoms with Gasteiger partial charge >= 0.3 is 0 Å². The van der Waals surface area contributed by atoms with Crippen molar-refractivity contribution < 1.29 is 9.84 Å². The Balaban J connectivity index is 1.68. The number of hydrogen-bond donors (Lipinski definition) is 2. The average molecular weight is 311 g/mol. The molecule has 2 unspecified atom stereocenters. The van der Waals surface area contributed by atoms with Gasteiger partial charge in [-0.15, -0.1) is 11.3 Å². The maximum Gasteiger partial charge on any atom is 0.0898 e. The highest BCUT2D eigenvalue weighted by molar-refractivity contribution is 7.12. The third-order valence-corrected chi connectivity index (χ3v) is 5.26. The number of ether oxygens (including phenoxy) is 1. The lowest BCUT2D eigenvalue weighted by atomic mass is 9.98. The molecular formula is C17H29NO2S. The lowest BCUT2D eigenvalue weighted by Gasteiger charge is -2.24. The quantitative estimate of drug-likeness (QED) is 0.806. The zero-order valence-electron chi connectivity index (χ0n) is 13.5. The summed E-state index contributed by atoms with van der Waals surface area (Å²) < 4.78 is 5.82. The van der Waals surface area contributed by atoms with Crippen molar-refractivity contribution >= 4 is 11.3 Å². The smallest absolute Gasteiger partial charge is 0.0898 e. The van der Waals surface area contributed by atoms with Crippen molar-refractivity contribution in [3.05, 3.63) is 21.4 Å². The minimum Gasteiger partial charge on any atom is -0.389 e. The van der Waals surface area contributed by atoms with Crippen LogP contribution in [0, 0.1) is 13.8 Å². The fraction of sp³-hybridized carbons (Fsp3) is 0.765. The van der Waals surface area contributed by atoms with Crippen LogP contribution in [0.1, 0.15) is 60.4 Å². The van der Waals surface area contributed by atoms with Gasteiger partial charge in [0.1, 0.15) is 0 Å². The van der Waals surface area contributed by atoms with Crippen LogP contribution >= 0.6 is 11.3 Å². The largest absolute Gasteiger partial charge is 0.389 e. The van der Waals surface area contributed by atoms with Gasteiger partial charge in [-0.25, -0.2) is 0 Å². The Bertz CT molecular complexity index is 426. The van der Waals surface area contributed by atoms with E-state index in [-0.39, 0.29) is 6.04 Å². The first-order chi connectivity index (χ1) is 10.1. The number of rotatable bonds is 7. The first kappa shape index (κ1) is 16.9. The molecule has 1 aromatic rings. The Morgan fingerprint density at radius 2 is 2.05 bits per heavy atom. The van der Waals surface area contributed by atoms with Gasteiger partial charge in [0, 0.05) is 22.3 Å². The van der Waals surface area contributed by atoms with Crippen LogP contribution in [0.25, 0.3) is 0 Å². The van der Waals surface area contributed by atoms with Crippen molar-refractivity contribution in [1.82, 2.24) is 5.32 Å². The minimum absolute atomic E-state index is 0.277. The highest BCUT2D eigenvalue weighted by atomic mass is 32.1. The highest BCUT2D eigenvalue weighted by Crippen LogP contribution is 2.26. The van der Waals surface area contributed by atoms with Crippen molar-refractivity contribution in [1.29, 1.82) is 0 Å². The van der Waals surface area contributed by atoms with Crippen molar-refractivity contribution in [2.75, 3.05) is 13.2 Å². The number of aliphatic hydroxyl groups is 1. The van der Waals surface area contributed by atoms with Crippen LogP contribution in [0.15, 0.2) is 6.07 Å². The van der Waals surface area contributed by atoms with E-state index in [4.69, 9.17) is 4.74 Å². The van der Waals surface area contributed by atoms with Crippen molar-refractivity contribution in [3.63, 3.8) is 0 Å². The van der Waals surface area contributed by atoms with Gasteiger partial charge in [0.15, 0.2) is 0 Å². The molecule has 0 amide bonds. The van der Waals surface area contributed by atoms with E-state index in [2.05, 4.69) is 32.2 Å². The molecule has 2 rings (SSSR count). The summed E-state index contributed by atoms with van der Waals surface area (Å²) in [6.07, 6.45) is 6.14. The number of hydrogen-bond acceptors (Lipinski definition) is 4. The Morgan fingerprint density at radius 1 is 1.33 bits per heavy atom. The van der Waals surface area contributed by atoms with Gasteiger partial charge in [-0.3, -0.25) is 0 Å². The molecule has 120 valence electrons. The lowest BCUT2D eigenvalue weighted by molar-refractivity contribution is -0.0235. The van der Waals surface area contributed by atoms with Gasteiger partial charge in [0.25, 0.3) is 0 Å². The monoisotopic (exact) mass is 311 g/mol. The molecule has 21 heavy (non-hydrogen) atoms. The van der Waals surface area contributed by atoms with E-state index in [9.17, 15) is 5.11 Å². The van der Waals surface area contributed by atoms with Crippen molar-refractivity contribution in [2.24, 2.45) is 0 Å². The molecule has 0 spiro atoms. The Kier molecular flexibility index (Phi) is 6.68. The summed E-state index contributed by atoms with van der Waals surface area (Å²) in [5.74, 6) is 0. The predicted molar refractivity (Wildman–Crippen MR) is 89.0 cm³/mol. The molecular weight excluding hydrogens is 282 g/mol. The summed E-state index contributed by atoms with van der Waals surface area (Å²) in [6, 6.07) is 2.52. The van der Waals surface area contributed by atoms with Crippen LogP contribution in [0.5, 0.6) is 0 Å². The van der Waals surface area contributed by atoms with Crippen LogP contribution in [0.4, 0.5) is 0 Å². The zero-order chi connectivity index (χ0) is 15.2. The van der Waals surface area contributed by atoms with Gasteiger partial charge in [0.2, 0.25) is 0 Å². The third kappa shape index (κ3) is 5.37. The second kappa shape index (κ2) is 8.28. The zero-order valence-corrected chi connectivity index (χ0v) is 14.3. The molecule has 0 radical (unpaired) electrons. The first-order valence-corrected chi connectivity index (χ1v) is 8.98. The molecule has 1 heterocycles. The molecule has 0 aliphatic heterocycles. The molecule has 2 atom stereocenters. The standard InChI is InChI=1S/C17H29NO2S/c1-12-9-17(14(3)21-12)13(2)18-10-15(19)11-20-16-7-5-4-6-8-16/h9,13,15-16,18-19H,4-8,10-11H2,1-3H3. The molecule has 0 aromatic carbocycles. The summed E-state index contributed by atoms with van der Waals surface area (Å²) in [6.45, 7) is 7.49. The molecule has 2 N–H and O–H groups in total. The molecule has 3 nitrogen and oxygen atoms in total. The highest BCUT2D eigenvalue weighted by Gasteiger charge is 2.16. The molecule has 1 aromatic heterocycles. The SMILES string of the molecule is Cc1cc(C(C)NCC(O)COC2CCCCC2)c(C)s1. The van der Waals surface area contributed by atoms with E-state index in [1.807, 2.05) is 11.3 Å². The van der Waals surface area contributed by atoms with Gasteiger partial charge in [0.05, 0.1) is 18.8 Å². The van der Waals surface area contributed by atoms with E-state index in [0.717, 1.165) is 12.8 Å². The minimum atomic E-state index is -0.422. The summed E-state index contributed by atoms with van der Waals surface area (Å²) in [7, 11) is 0. The first-order valence-electron chi connectivity index (χ1n) is 8.16. The third-order valence-electron chi connectivity index (χ3n) is 4.28. The number of nitrogens with one attached hydrogen (secondary N) is 1. The second-order valence-electron chi connectivity index (χ2n) is 6.25. The van der Waals surface area contributed by atoms with Gasteiger partial charge in [-0.1, -0.05) is 19.3 Å². The van der Waals surface area contributed by atoms with Crippen LogP contribution < -0.4 is 5.32 Å². The summed E-state index contributed by atoms with van der Waals surface area (Å²) in [5, 5.41) is 13.5. The Hall–Kier alpha value is -0.420. The van der Waals surface area contributed by atoms with E-state index in [1.165, 1.54) is 34.6 Å². The van der Waals surface area contributed by atoms with E-state index in [0.29, 0.717) is 19.3 Å². The Morgan fingerprint density at radius 3 is 2.67 bits per heavy atom. The maximum absolute atomic E-state index is 10.1. The summed E-state index contributed by atoms with van der Waals surface area (Å²) in [4.78, 5) is 2.71. The maximum atomic E-state index is 10.1. The Labute approximate surface area is 132 Å². The molecule has 4 heteroatoms. The second-order valence-corrected chi connectivity index (χ2v) is 7.71. The fourth-order valence-corrected chi connectivity index (χ4v) is 4.06. The van der Waals surface area contributed by atoms with Gasteiger partial charge in [-0.05, 0) is 45.2 Å². The van der Waals surface area contributed by atoms with Crippen LogP contribution in [-0.2, 0) is 4.74 Å².